The van der Waals surface area contributed by atoms with Crippen molar-refractivity contribution in [1.82, 2.24) is 0 Å². The van der Waals surface area contributed by atoms with E-state index < -0.39 is 6.10 Å². The molecule has 0 radical (unpaired) electrons. The van der Waals surface area contributed by atoms with Crippen LogP contribution in [0.15, 0.2) is 18.2 Å². The summed E-state index contributed by atoms with van der Waals surface area (Å²) in [5, 5.41) is 13.1. The number of anilines is 1. The summed E-state index contributed by atoms with van der Waals surface area (Å²) < 4.78 is 10.8. The van der Waals surface area contributed by atoms with E-state index in [0.29, 0.717) is 26.4 Å². The molecule has 1 atom stereocenters. The highest BCUT2D eigenvalue weighted by Crippen LogP contribution is 2.13. The number of aryl methyl sites for hydroxylation is 2. The van der Waals surface area contributed by atoms with Gasteiger partial charge in [0.1, 0.15) is 0 Å². The zero-order valence-corrected chi connectivity index (χ0v) is 13.5. The van der Waals surface area contributed by atoms with Gasteiger partial charge in [-0.25, -0.2) is 0 Å². The average Bonchev–Trinajstić information content (AvgIpc) is 2.43. The van der Waals surface area contributed by atoms with Crippen LogP contribution < -0.4 is 5.32 Å². The van der Waals surface area contributed by atoms with E-state index in [9.17, 15) is 5.11 Å². The summed E-state index contributed by atoms with van der Waals surface area (Å²) in [6.45, 7) is 9.00. The molecule has 4 heteroatoms. The third-order valence-electron chi connectivity index (χ3n) is 3.09. The Labute approximate surface area is 128 Å². The average molecular weight is 295 g/mol. The second-order valence-electron chi connectivity index (χ2n) is 5.45. The summed E-state index contributed by atoms with van der Waals surface area (Å²) in [5.74, 6) is 0. The first kappa shape index (κ1) is 18.0. The normalized spacial score (nSPS) is 12.4. The van der Waals surface area contributed by atoms with Crippen LogP contribution in [0, 0.1) is 13.8 Å². The van der Waals surface area contributed by atoms with Crippen LogP contribution in [-0.4, -0.2) is 44.2 Å². The number of rotatable bonds is 11. The van der Waals surface area contributed by atoms with Gasteiger partial charge in [-0.3, -0.25) is 0 Å². The van der Waals surface area contributed by atoms with E-state index in [1.54, 1.807) is 0 Å². The van der Waals surface area contributed by atoms with Crippen molar-refractivity contribution in [3.05, 3.63) is 29.3 Å². The molecule has 4 nitrogen and oxygen atoms in total. The van der Waals surface area contributed by atoms with E-state index in [4.69, 9.17) is 9.47 Å². The third kappa shape index (κ3) is 8.71. The molecule has 0 saturated carbocycles. The predicted octanol–water partition coefficient (Wildman–Crippen LogP) is 2.91. The van der Waals surface area contributed by atoms with Gasteiger partial charge in [0.15, 0.2) is 0 Å². The van der Waals surface area contributed by atoms with Gasteiger partial charge in [-0.15, -0.1) is 0 Å². The minimum atomic E-state index is -0.513. The Balaban J connectivity index is 2.09. The zero-order valence-electron chi connectivity index (χ0n) is 13.5. The lowest BCUT2D eigenvalue weighted by atomic mass is 10.1. The molecule has 0 aliphatic carbocycles. The van der Waals surface area contributed by atoms with Gasteiger partial charge in [-0.05, 0) is 43.5 Å². The van der Waals surface area contributed by atoms with Crippen LogP contribution in [0.5, 0.6) is 0 Å². The number of nitrogens with one attached hydrogen (secondary N) is 1. The van der Waals surface area contributed by atoms with Crippen molar-refractivity contribution in [1.29, 1.82) is 0 Å². The van der Waals surface area contributed by atoms with Gasteiger partial charge in [-0.1, -0.05) is 19.4 Å². The highest BCUT2D eigenvalue weighted by Gasteiger charge is 2.04. The fourth-order valence-corrected chi connectivity index (χ4v) is 2.06. The van der Waals surface area contributed by atoms with Crippen molar-refractivity contribution in [3.8, 4) is 0 Å². The fraction of sp³-hybridized carbons (Fsp3) is 0.647. The number of hydrogen-bond donors (Lipinski definition) is 2. The van der Waals surface area contributed by atoms with Crippen molar-refractivity contribution in [2.75, 3.05) is 38.3 Å². The Morgan fingerprint density at radius 2 is 1.71 bits per heavy atom. The lowest BCUT2D eigenvalue weighted by molar-refractivity contribution is 0.00749. The van der Waals surface area contributed by atoms with Gasteiger partial charge in [0.2, 0.25) is 0 Å². The predicted molar refractivity (Wildman–Crippen MR) is 87.0 cm³/mol. The topological polar surface area (TPSA) is 50.7 Å². The largest absolute Gasteiger partial charge is 0.389 e. The molecule has 0 aliphatic rings. The number of aliphatic hydroxyl groups excluding tert-OH is 1. The molecule has 0 aliphatic heterocycles. The maximum absolute atomic E-state index is 9.86. The fourth-order valence-electron chi connectivity index (χ4n) is 2.06. The van der Waals surface area contributed by atoms with Gasteiger partial charge in [-0.2, -0.15) is 0 Å². The first-order chi connectivity index (χ1) is 10.1. The lowest BCUT2D eigenvalue weighted by Gasteiger charge is -2.14. The molecule has 1 aromatic carbocycles. The number of ether oxygens (including phenoxy) is 2. The van der Waals surface area contributed by atoms with Crippen LogP contribution in [0.2, 0.25) is 0 Å². The third-order valence-corrected chi connectivity index (χ3v) is 3.09. The molecule has 0 heterocycles. The standard InChI is InChI=1S/C17H29NO3/c1-4-5-6-20-7-8-21-13-17(19)12-18-16-10-14(2)9-15(3)11-16/h9-11,17-19H,4-8,12-13H2,1-3H3. The summed E-state index contributed by atoms with van der Waals surface area (Å²) >= 11 is 0. The molecule has 1 aromatic rings. The van der Waals surface area contributed by atoms with E-state index in [1.807, 2.05) is 0 Å². The highest BCUT2D eigenvalue weighted by molar-refractivity contribution is 5.48. The Morgan fingerprint density at radius 1 is 1.05 bits per heavy atom. The van der Waals surface area contributed by atoms with Crippen LogP contribution >= 0.6 is 0 Å². The first-order valence-electron chi connectivity index (χ1n) is 7.77. The minimum absolute atomic E-state index is 0.328. The van der Waals surface area contributed by atoms with Gasteiger partial charge >= 0.3 is 0 Å². The van der Waals surface area contributed by atoms with Crippen molar-refractivity contribution < 1.29 is 14.6 Å². The maximum Gasteiger partial charge on any atom is 0.0945 e. The SMILES string of the molecule is CCCCOCCOCC(O)CNc1cc(C)cc(C)c1. The summed E-state index contributed by atoms with van der Waals surface area (Å²) in [6.07, 6.45) is 1.72. The molecule has 0 amide bonds. The van der Waals surface area contributed by atoms with Gasteiger partial charge in [0.25, 0.3) is 0 Å². The molecule has 2 N–H and O–H groups in total. The molecule has 0 bridgehead atoms. The molecular weight excluding hydrogens is 266 g/mol. The summed E-state index contributed by atoms with van der Waals surface area (Å²) in [6, 6.07) is 6.27. The van der Waals surface area contributed by atoms with Crippen LogP contribution in [-0.2, 0) is 9.47 Å². The molecule has 0 aromatic heterocycles. The Bertz CT molecular complexity index is 375. The van der Waals surface area contributed by atoms with Gasteiger partial charge in [0, 0.05) is 18.8 Å². The number of hydrogen-bond acceptors (Lipinski definition) is 4. The molecule has 0 fully saturated rings. The number of unbranched alkanes of at least 4 members (excludes halogenated alkanes) is 1. The van der Waals surface area contributed by atoms with E-state index in [1.165, 1.54) is 11.1 Å². The molecule has 0 spiro atoms. The van der Waals surface area contributed by atoms with Crippen molar-refractivity contribution in [2.24, 2.45) is 0 Å². The Hall–Kier alpha value is -1.10. The monoisotopic (exact) mass is 295 g/mol. The molecule has 120 valence electrons. The van der Waals surface area contributed by atoms with Crippen LogP contribution in [0.25, 0.3) is 0 Å². The molecule has 0 saturated heterocycles. The zero-order chi connectivity index (χ0) is 15.5. The van der Waals surface area contributed by atoms with E-state index >= 15 is 0 Å². The van der Waals surface area contributed by atoms with Crippen molar-refractivity contribution in [2.45, 2.75) is 39.7 Å². The van der Waals surface area contributed by atoms with Crippen molar-refractivity contribution >= 4 is 5.69 Å². The van der Waals surface area contributed by atoms with Gasteiger partial charge in [0.05, 0.1) is 25.9 Å². The van der Waals surface area contributed by atoms with Gasteiger partial charge < -0.3 is 19.9 Å². The number of aliphatic hydroxyl groups is 1. The highest BCUT2D eigenvalue weighted by atomic mass is 16.5. The summed E-state index contributed by atoms with van der Waals surface area (Å²) in [4.78, 5) is 0. The van der Waals surface area contributed by atoms with E-state index in [0.717, 1.165) is 25.1 Å². The Kier molecular flexibility index (Phi) is 9.06. The van der Waals surface area contributed by atoms with E-state index in [-0.39, 0.29) is 0 Å². The Morgan fingerprint density at radius 3 is 2.38 bits per heavy atom. The molecule has 21 heavy (non-hydrogen) atoms. The molecule has 1 unspecified atom stereocenters. The first-order valence-corrected chi connectivity index (χ1v) is 7.77. The van der Waals surface area contributed by atoms with E-state index in [2.05, 4.69) is 44.3 Å². The quantitative estimate of drug-likeness (QED) is 0.616. The smallest absolute Gasteiger partial charge is 0.0945 e. The van der Waals surface area contributed by atoms with Crippen LogP contribution in [0.3, 0.4) is 0 Å². The lowest BCUT2D eigenvalue weighted by Crippen LogP contribution is -2.25. The minimum Gasteiger partial charge on any atom is -0.389 e. The van der Waals surface area contributed by atoms with Crippen LogP contribution in [0.1, 0.15) is 30.9 Å². The maximum atomic E-state index is 9.86. The second kappa shape index (κ2) is 10.6. The summed E-state index contributed by atoms with van der Waals surface area (Å²) in [5.41, 5.74) is 3.47. The molecular formula is C17H29NO3. The van der Waals surface area contributed by atoms with Crippen LogP contribution in [0.4, 0.5) is 5.69 Å². The molecule has 1 rings (SSSR count). The second-order valence-corrected chi connectivity index (χ2v) is 5.45. The van der Waals surface area contributed by atoms with Crippen molar-refractivity contribution in [3.63, 3.8) is 0 Å². The summed E-state index contributed by atoms with van der Waals surface area (Å²) in [7, 11) is 0. The number of benzene rings is 1.